The summed E-state index contributed by atoms with van der Waals surface area (Å²) in [5.41, 5.74) is 17.4. The number of rotatable bonds is 7. The Bertz CT molecular complexity index is 3570. The second-order valence-corrected chi connectivity index (χ2v) is 21.9. The predicted molar refractivity (Wildman–Crippen MR) is 293 cm³/mol. The molecule has 0 fully saturated rings. The minimum absolute atomic E-state index is 0.900. The molecule has 13 rings (SSSR count). The van der Waals surface area contributed by atoms with Crippen LogP contribution in [0.2, 0.25) is 0 Å². The Morgan fingerprint density at radius 3 is 0.843 bits per heavy atom. The first-order valence-electron chi connectivity index (χ1n) is 24.1. The standard InChI is InChI=1S/C67H46O2Si/c1-45-39-44-59-67(69-55-35-19-22-38-58(55)70(59)56-36-20-17-33-53(56)68-54-34-18-21-37-57(54)70)60(45)51-40-42-52(43-41-51)66-64(49-29-13-5-14-30-49)62(47-25-9-3-10-26-47)61(46-23-7-2-8-24-46)63(48-27-11-4-12-28-48)65(66)50-31-15-6-16-32-50/h2-44H,1H3. The summed E-state index contributed by atoms with van der Waals surface area (Å²) in [4.78, 5) is 0. The van der Waals surface area contributed by atoms with Crippen molar-refractivity contribution >= 4 is 28.8 Å². The molecular formula is C67H46O2Si. The minimum Gasteiger partial charge on any atom is -0.458 e. The Morgan fingerprint density at radius 1 is 0.229 bits per heavy atom. The Kier molecular flexibility index (Phi) is 10.1. The van der Waals surface area contributed by atoms with E-state index in [1.807, 2.05) is 0 Å². The number of hydrogen-bond donors (Lipinski definition) is 0. The largest absolute Gasteiger partial charge is 0.458 e. The molecule has 0 aromatic heterocycles. The molecule has 0 amide bonds. The molecule has 3 heteroatoms. The first-order chi connectivity index (χ1) is 34.7. The van der Waals surface area contributed by atoms with Gasteiger partial charge in [0.15, 0.2) is 8.07 Å². The highest BCUT2D eigenvalue weighted by atomic mass is 28.3. The number of aryl methyl sites for hydroxylation is 1. The maximum atomic E-state index is 7.25. The zero-order valence-electron chi connectivity index (χ0n) is 38.6. The molecule has 0 atom stereocenters. The lowest BCUT2D eigenvalue weighted by molar-refractivity contribution is 0.482. The summed E-state index contributed by atoms with van der Waals surface area (Å²) in [6.07, 6.45) is 0. The zero-order chi connectivity index (χ0) is 46.6. The summed E-state index contributed by atoms with van der Waals surface area (Å²) in [5.74, 6) is 3.64. The van der Waals surface area contributed by atoms with E-state index in [4.69, 9.17) is 9.47 Å². The maximum Gasteiger partial charge on any atom is 0.196 e. The topological polar surface area (TPSA) is 18.5 Å². The van der Waals surface area contributed by atoms with Crippen LogP contribution < -0.4 is 30.2 Å². The number of hydrogen-bond acceptors (Lipinski definition) is 2. The summed E-state index contributed by atoms with van der Waals surface area (Å²) in [6, 6.07) is 94.8. The van der Waals surface area contributed by atoms with Crippen molar-refractivity contribution in [2.24, 2.45) is 0 Å². The highest BCUT2D eigenvalue weighted by molar-refractivity contribution is 7.21. The van der Waals surface area contributed by atoms with Crippen molar-refractivity contribution in [2.75, 3.05) is 0 Å². The van der Waals surface area contributed by atoms with Crippen LogP contribution in [0.25, 0.3) is 77.9 Å². The molecule has 1 spiro atoms. The van der Waals surface area contributed by atoms with E-state index in [2.05, 4.69) is 268 Å². The van der Waals surface area contributed by atoms with Crippen molar-refractivity contribution in [3.05, 3.63) is 266 Å². The fourth-order valence-electron chi connectivity index (χ4n) is 11.4. The van der Waals surface area contributed by atoms with Crippen molar-refractivity contribution in [2.45, 2.75) is 6.92 Å². The molecule has 0 N–H and O–H groups in total. The molecule has 2 heterocycles. The van der Waals surface area contributed by atoms with Gasteiger partial charge in [-0.25, -0.2) is 0 Å². The van der Waals surface area contributed by atoms with Gasteiger partial charge in [0.25, 0.3) is 0 Å². The van der Waals surface area contributed by atoms with Gasteiger partial charge in [-0.05, 0) is 124 Å². The lowest BCUT2D eigenvalue weighted by Gasteiger charge is -2.43. The van der Waals surface area contributed by atoms with Crippen LogP contribution in [0.5, 0.6) is 23.0 Å². The normalized spacial score (nSPS) is 12.7. The number of benzene rings is 11. The fourth-order valence-corrected chi connectivity index (χ4v) is 16.6. The van der Waals surface area contributed by atoms with Crippen LogP contribution in [-0.2, 0) is 0 Å². The summed E-state index contributed by atoms with van der Waals surface area (Å²) in [6.45, 7) is 2.22. The van der Waals surface area contributed by atoms with Crippen molar-refractivity contribution in [1.29, 1.82) is 0 Å². The van der Waals surface area contributed by atoms with Gasteiger partial charge >= 0.3 is 0 Å². The average molecular weight is 911 g/mol. The second kappa shape index (κ2) is 17.1. The van der Waals surface area contributed by atoms with E-state index in [0.29, 0.717) is 0 Å². The van der Waals surface area contributed by atoms with Crippen molar-refractivity contribution in [3.63, 3.8) is 0 Å². The molecule has 0 saturated carbocycles. The molecule has 0 unspecified atom stereocenters. The van der Waals surface area contributed by atoms with Crippen LogP contribution >= 0.6 is 0 Å². The molecule has 11 aromatic carbocycles. The lowest BCUT2D eigenvalue weighted by atomic mass is 9.74. The van der Waals surface area contributed by atoms with Gasteiger partial charge < -0.3 is 9.47 Å². The highest BCUT2D eigenvalue weighted by Crippen LogP contribution is 2.56. The van der Waals surface area contributed by atoms with Crippen LogP contribution in [-0.4, -0.2) is 8.07 Å². The minimum atomic E-state index is -2.95. The molecule has 0 aliphatic carbocycles. The van der Waals surface area contributed by atoms with Crippen LogP contribution in [0.3, 0.4) is 0 Å². The predicted octanol–water partition coefficient (Wildman–Crippen LogP) is 15.3. The molecule has 2 nitrogen and oxygen atoms in total. The summed E-state index contributed by atoms with van der Waals surface area (Å²) < 4.78 is 14.0. The quantitative estimate of drug-likeness (QED) is 0.148. The monoisotopic (exact) mass is 910 g/mol. The van der Waals surface area contributed by atoms with Crippen molar-refractivity contribution in [1.82, 2.24) is 0 Å². The third-order valence-electron chi connectivity index (χ3n) is 14.3. The smallest absolute Gasteiger partial charge is 0.196 e. The molecule has 11 aromatic rings. The van der Waals surface area contributed by atoms with Crippen LogP contribution in [0.4, 0.5) is 0 Å². The van der Waals surface area contributed by atoms with E-state index < -0.39 is 8.07 Å². The molecule has 70 heavy (non-hydrogen) atoms. The molecule has 330 valence electrons. The Morgan fingerprint density at radius 2 is 0.500 bits per heavy atom. The summed E-state index contributed by atoms with van der Waals surface area (Å²) in [5, 5.41) is 4.94. The summed E-state index contributed by atoms with van der Waals surface area (Å²) in [7, 11) is -2.95. The summed E-state index contributed by atoms with van der Waals surface area (Å²) >= 11 is 0. The van der Waals surface area contributed by atoms with Gasteiger partial charge in [0.1, 0.15) is 23.0 Å². The first kappa shape index (κ1) is 41.4. The zero-order valence-corrected chi connectivity index (χ0v) is 39.6. The molecule has 2 aliphatic heterocycles. The van der Waals surface area contributed by atoms with Crippen molar-refractivity contribution < 1.29 is 9.47 Å². The third kappa shape index (κ3) is 6.54. The second-order valence-electron chi connectivity index (χ2n) is 18.2. The first-order valence-corrected chi connectivity index (χ1v) is 26.1. The van der Waals surface area contributed by atoms with Crippen molar-refractivity contribution in [3.8, 4) is 101 Å². The average Bonchev–Trinajstić information content (AvgIpc) is 3.43. The fraction of sp³-hybridized carbons (Fsp3) is 0.0149. The molecule has 2 aliphatic rings. The van der Waals surface area contributed by atoms with E-state index in [9.17, 15) is 0 Å². The Labute approximate surface area is 410 Å². The van der Waals surface area contributed by atoms with E-state index in [-0.39, 0.29) is 0 Å². The third-order valence-corrected chi connectivity index (χ3v) is 19.2. The highest BCUT2D eigenvalue weighted by Gasteiger charge is 2.53. The molecule has 0 saturated heterocycles. The maximum absolute atomic E-state index is 7.25. The van der Waals surface area contributed by atoms with Gasteiger partial charge in [-0.2, -0.15) is 0 Å². The number of ether oxygens (including phenoxy) is 2. The van der Waals surface area contributed by atoms with Gasteiger partial charge in [-0.1, -0.05) is 243 Å². The number of para-hydroxylation sites is 3. The van der Waals surface area contributed by atoms with Crippen LogP contribution in [0, 0.1) is 6.92 Å². The Hall–Kier alpha value is -8.76. The van der Waals surface area contributed by atoms with E-state index in [1.54, 1.807) is 0 Å². The van der Waals surface area contributed by atoms with Crippen LogP contribution in [0.1, 0.15) is 5.56 Å². The van der Waals surface area contributed by atoms with Gasteiger partial charge in [0.05, 0.1) is 0 Å². The lowest BCUT2D eigenvalue weighted by Crippen LogP contribution is -2.77. The molecule has 0 bridgehead atoms. The SMILES string of the molecule is Cc1ccc2c(c1-c1ccc(-c3c(-c4ccccc4)c(-c4ccccc4)c(-c4ccccc4)c(-c4ccccc4)c3-c3ccccc3)cc1)Oc1ccccc1[Si]21c2ccccc2Oc2ccccc21. The van der Waals surface area contributed by atoms with E-state index >= 15 is 0 Å². The van der Waals surface area contributed by atoms with E-state index in [0.717, 1.165) is 67.5 Å². The van der Waals surface area contributed by atoms with Crippen LogP contribution in [0.15, 0.2) is 261 Å². The van der Waals surface area contributed by atoms with Gasteiger partial charge in [-0.15, -0.1) is 0 Å². The van der Waals surface area contributed by atoms with Gasteiger partial charge in [0, 0.05) is 5.56 Å². The van der Waals surface area contributed by atoms with Gasteiger partial charge in [-0.3, -0.25) is 0 Å². The Balaban J connectivity index is 1.11. The van der Waals surface area contributed by atoms with Gasteiger partial charge in [0.2, 0.25) is 0 Å². The number of fused-ring (bicyclic) bond motifs is 8. The molecular weight excluding hydrogens is 865 g/mol. The molecule has 0 radical (unpaired) electrons. The van der Waals surface area contributed by atoms with E-state index in [1.165, 1.54) is 59.7 Å².